The van der Waals surface area contributed by atoms with Crippen LogP contribution in [0.5, 0.6) is 17.2 Å². The van der Waals surface area contributed by atoms with Crippen LogP contribution in [0.1, 0.15) is 47.4 Å². The van der Waals surface area contributed by atoms with Crippen LogP contribution in [-0.4, -0.2) is 55.9 Å². The van der Waals surface area contributed by atoms with E-state index in [0.717, 1.165) is 52.0 Å². The van der Waals surface area contributed by atoms with Crippen molar-refractivity contribution in [1.29, 1.82) is 0 Å². The number of rotatable bonds is 10. The maximum atomic E-state index is 12.0. The van der Waals surface area contributed by atoms with E-state index >= 15 is 0 Å². The molecule has 212 valence electrons. The molecule has 0 spiro atoms. The SMILES string of the molecule is Cc1cc(OC[C@@H]2CCCN2S(C)(=O)=O)cc(C)c1-c1cccc(COc2ccc3c(c2)OCC3CC(=O)O)c1. The van der Waals surface area contributed by atoms with Gasteiger partial charge < -0.3 is 19.3 Å². The number of hydrogen-bond acceptors (Lipinski definition) is 6. The number of carboxylic acids is 1. The fourth-order valence-corrected chi connectivity index (χ4v) is 6.95. The maximum absolute atomic E-state index is 12.0. The summed E-state index contributed by atoms with van der Waals surface area (Å²) in [4.78, 5) is 11.1. The standard InChI is InChI=1S/C31H35NO7S/c1-20-12-27(38-19-25-8-5-11-32(25)40(3,35)36)13-21(2)31(20)23-7-4-6-22(14-23)17-37-26-9-10-28-24(15-30(33)34)18-39-29(28)16-26/h4,6-7,9-10,12-14,16,24-25H,5,8,11,15,17-19H2,1-3H3,(H,33,34)/t24?,25-/m0/s1. The summed E-state index contributed by atoms with van der Waals surface area (Å²) >= 11 is 0. The molecule has 2 heterocycles. The average Bonchev–Trinajstić information content (AvgIpc) is 3.53. The van der Waals surface area contributed by atoms with Gasteiger partial charge in [-0.15, -0.1) is 0 Å². The molecule has 0 radical (unpaired) electrons. The van der Waals surface area contributed by atoms with Crippen LogP contribution < -0.4 is 14.2 Å². The molecule has 1 N–H and O–H groups in total. The van der Waals surface area contributed by atoms with Crippen LogP contribution >= 0.6 is 0 Å². The van der Waals surface area contributed by atoms with Crippen molar-refractivity contribution < 1.29 is 32.5 Å². The van der Waals surface area contributed by atoms with Gasteiger partial charge in [-0.2, -0.15) is 4.31 Å². The minimum atomic E-state index is -3.23. The summed E-state index contributed by atoms with van der Waals surface area (Å²) in [6, 6.07) is 17.7. The zero-order chi connectivity index (χ0) is 28.4. The molecule has 5 rings (SSSR count). The quantitative estimate of drug-likeness (QED) is 0.356. The van der Waals surface area contributed by atoms with E-state index in [-0.39, 0.29) is 18.4 Å². The van der Waals surface area contributed by atoms with Crippen LogP contribution in [0.2, 0.25) is 0 Å². The van der Waals surface area contributed by atoms with E-state index in [2.05, 4.69) is 26.0 Å². The molecular weight excluding hydrogens is 530 g/mol. The molecule has 0 bridgehead atoms. The molecule has 0 saturated carbocycles. The fraction of sp³-hybridized carbons (Fsp3) is 0.387. The Morgan fingerprint density at radius 2 is 1.82 bits per heavy atom. The van der Waals surface area contributed by atoms with Crippen molar-refractivity contribution in [2.45, 2.75) is 51.7 Å². The van der Waals surface area contributed by atoms with Gasteiger partial charge >= 0.3 is 5.97 Å². The van der Waals surface area contributed by atoms with Gasteiger partial charge in [-0.1, -0.05) is 24.3 Å². The number of carbonyl (C=O) groups is 1. The van der Waals surface area contributed by atoms with E-state index in [1.54, 1.807) is 4.31 Å². The summed E-state index contributed by atoms with van der Waals surface area (Å²) in [5.74, 6) is 1.13. The lowest BCUT2D eigenvalue weighted by Gasteiger charge is -2.23. The Morgan fingerprint density at radius 1 is 1.05 bits per heavy atom. The first-order valence-electron chi connectivity index (χ1n) is 13.5. The smallest absolute Gasteiger partial charge is 0.304 e. The van der Waals surface area contributed by atoms with Crippen molar-refractivity contribution in [3.05, 3.63) is 76.9 Å². The first-order chi connectivity index (χ1) is 19.1. The maximum Gasteiger partial charge on any atom is 0.304 e. The number of nitrogens with zero attached hydrogens (tertiary/aromatic N) is 1. The summed E-state index contributed by atoms with van der Waals surface area (Å²) in [7, 11) is -3.23. The van der Waals surface area contributed by atoms with Crippen molar-refractivity contribution in [2.75, 3.05) is 26.0 Å². The van der Waals surface area contributed by atoms with Gasteiger partial charge in [-0.3, -0.25) is 4.79 Å². The van der Waals surface area contributed by atoms with E-state index in [1.165, 1.54) is 6.26 Å². The van der Waals surface area contributed by atoms with E-state index < -0.39 is 16.0 Å². The van der Waals surface area contributed by atoms with E-state index in [0.29, 0.717) is 37.9 Å². The van der Waals surface area contributed by atoms with Gasteiger partial charge in [-0.25, -0.2) is 8.42 Å². The summed E-state index contributed by atoms with van der Waals surface area (Å²) in [5, 5.41) is 9.11. The number of sulfonamides is 1. The van der Waals surface area contributed by atoms with Crippen LogP contribution in [0, 0.1) is 13.8 Å². The number of carboxylic acid groups (broad SMARTS) is 1. The van der Waals surface area contributed by atoms with Gasteiger partial charge in [0.1, 0.15) is 30.5 Å². The highest BCUT2D eigenvalue weighted by molar-refractivity contribution is 7.88. The lowest BCUT2D eigenvalue weighted by Crippen LogP contribution is -2.38. The molecule has 0 aromatic heterocycles. The van der Waals surface area contributed by atoms with Crippen LogP contribution in [0.25, 0.3) is 11.1 Å². The number of hydrogen-bond donors (Lipinski definition) is 1. The minimum Gasteiger partial charge on any atom is -0.492 e. The average molecular weight is 566 g/mol. The molecule has 9 heteroatoms. The van der Waals surface area contributed by atoms with E-state index in [9.17, 15) is 13.2 Å². The van der Waals surface area contributed by atoms with Gasteiger partial charge in [0.2, 0.25) is 10.0 Å². The van der Waals surface area contributed by atoms with Crippen molar-refractivity contribution in [2.24, 2.45) is 0 Å². The first kappa shape index (κ1) is 28.0. The molecule has 8 nitrogen and oxygen atoms in total. The summed E-state index contributed by atoms with van der Waals surface area (Å²) in [6.45, 7) is 5.75. The van der Waals surface area contributed by atoms with Crippen LogP contribution in [-0.2, 0) is 21.4 Å². The van der Waals surface area contributed by atoms with Crippen molar-refractivity contribution in [3.63, 3.8) is 0 Å². The summed E-state index contributed by atoms with van der Waals surface area (Å²) in [5.41, 5.74) is 6.28. The molecule has 1 saturated heterocycles. The van der Waals surface area contributed by atoms with Crippen LogP contribution in [0.3, 0.4) is 0 Å². The Kier molecular flexibility index (Phi) is 8.05. The molecule has 0 amide bonds. The third-order valence-corrected chi connectivity index (χ3v) is 8.94. The second-order valence-electron chi connectivity index (χ2n) is 10.7. The predicted molar refractivity (Wildman–Crippen MR) is 153 cm³/mol. The highest BCUT2D eigenvalue weighted by Crippen LogP contribution is 2.38. The first-order valence-corrected chi connectivity index (χ1v) is 15.3. The second-order valence-corrected chi connectivity index (χ2v) is 12.6. The van der Waals surface area contributed by atoms with Crippen LogP contribution in [0.4, 0.5) is 0 Å². The topological polar surface area (TPSA) is 102 Å². The molecular formula is C31H35NO7S. The van der Waals surface area contributed by atoms with Crippen molar-refractivity contribution in [1.82, 2.24) is 4.31 Å². The Balaban J connectivity index is 1.25. The Labute approximate surface area is 235 Å². The number of ether oxygens (including phenoxy) is 3. The number of benzene rings is 3. The zero-order valence-electron chi connectivity index (χ0n) is 23.1. The zero-order valence-corrected chi connectivity index (χ0v) is 23.9. The van der Waals surface area contributed by atoms with Gasteiger partial charge in [-0.05, 0) is 78.8 Å². The number of aliphatic carboxylic acids is 1. The molecule has 2 aliphatic rings. The third kappa shape index (κ3) is 6.26. The number of aryl methyl sites for hydroxylation is 2. The molecule has 3 aromatic carbocycles. The van der Waals surface area contributed by atoms with Crippen LogP contribution in [0.15, 0.2) is 54.6 Å². The third-order valence-electron chi connectivity index (χ3n) is 7.60. The molecule has 2 atom stereocenters. The molecule has 2 aliphatic heterocycles. The normalized spacial score (nSPS) is 18.8. The van der Waals surface area contributed by atoms with E-state index in [4.69, 9.17) is 19.3 Å². The lowest BCUT2D eigenvalue weighted by atomic mass is 9.94. The summed E-state index contributed by atoms with van der Waals surface area (Å²) in [6.07, 6.45) is 2.97. The van der Waals surface area contributed by atoms with Gasteiger partial charge in [0.15, 0.2) is 0 Å². The van der Waals surface area contributed by atoms with Crippen molar-refractivity contribution in [3.8, 4) is 28.4 Å². The Bertz CT molecular complexity index is 1490. The highest BCUT2D eigenvalue weighted by Gasteiger charge is 2.32. The molecule has 0 aliphatic carbocycles. The molecule has 1 fully saturated rings. The van der Waals surface area contributed by atoms with E-state index in [1.807, 2.05) is 42.5 Å². The van der Waals surface area contributed by atoms with Gasteiger partial charge in [0.25, 0.3) is 0 Å². The Morgan fingerprint density at radius 3 is 2.55 bits per heavy atom. The number of fused-ring (bicyclic) bond motifs is 1. The summed E-state index contributed by atoms with van der Waals surface area (Å²) < 4.78 is 43.5. The monoisotopic (exact) mass is 565 g/mol. The van der Waals surface area contributed by atoms with Crippen molar-refractivity contribution >= 4 is 16.0 Å². The Hall–Kier alpha value is -3.56. The highest BCUT2D eigenvalue weighted by atomic mass is 32.2. The lowest BCUT2D eigenvalue weighted by molar-refractivity contribution is -0.137. The fourth-order valence-electron chi connectivity index (χ4n) is 5.78. The minimum absolute atomic E-state index is 0.0498. The van der Waals surface area contributed by atoms with Gasteiger partial charge in [0.05, 0.1) is 25.3 Å². The largest absolute Gasteiger partial charge is 0.492 e. The molecule has 1 unspecified atom stereocenters. The van der Waals surface area contributed by atoms with Gasteiger partial charge in [0, 0.05) is 24.1 Å². The molecule has 40 heavy (non-hydrogen) atoms. The molecule has 3 aromatic rings. The predicted octanol–water partition coefficient (Wildman–Crippen LogP) is 5.30. The second kappa shape index (κ2) is 11.5.